The van der Waals surface area contributed by atoms with E-state index in [0.717, 1.165) is 30.6 Å². The number of nitrogens with one attached hydrogen (secondary N) is 2. The Morgan fingerprint density at radius 1 is 1.04 bits per heavy atom. The minimum Gasteiger partial charge on any atom is -0.316 e. The normalized spacial score (nSPS) is 18.4. The first-order valence-electron chi connectivity index (χ1n) is 8.51. The molecule has 0 spiro atoms. The third-order valence-electron chi connectivity index (χ3n) is 4.50. The fourth-order valence-electron chi connectivity index (χ4n) is 3.12. The van der Waals surface area contributed by atoms with E-state index in [1.807, 2.05) is 36.4 Å². The maximum atomic E-state index is 12.5. The summed E-state index contributed by atoms with van der Waals surface area (Å²) in [5, 5.41) is 3.36. The highest BCUT2D eigenvalue weighted by Gasteiger charge is 2.17. The van der Waals surface area contributed by atoms with Crippen LogP contribution in [-0.2, 0) is 10.0 Å². The molecule has 1 aliphatic heterocycles. The Morgan fingerprint density at radius 3 is 2.58 bits per heavy atom. The molecule has 0 amide bonds. The minimum absolute atomic E-state index is 0.325. The lowest BCUT2D eigenvalue weighted by atomic mass is 9.96. The fourth-order valence-corrected chi connectivity index (χ4v) is 4.22. The summed E-state index contributed by atoms with van der Waals surface area (Å²) in [7, 11) is -3.46. The summed E-state index contributed by atoms with van der Waals surface area (Å²) in [5.74, 6) is 0.567. The molecular weight excluding hydrogens is 320 g/mol. The van der Waals surface area contributed by atoms with Gasteiger partial charge in [0.1, 0.15) is 0 Å². The van der Waals surface area contributed by atoms with Crippen molar-refractivity contribution in [2.75, 3.05) is 19.6 Å². The van der Waals surface area contributed by atoms with E-state index in [0.29, 0.717) is 17.4 Å². The maximum Gasteiger partial charge on any atom is 0.240 e. The molecule has 0 aromatic heterocycles. The lowest BCUT2D eigenvalue weighted by Gasteiger charge is -2.22. The predicted octanol–water partition coefficient (Wildman–Crippen LogP) is 3.02. The van der Waals surface area contributed by atoms with Crippen molar-refractivity contribution >= 4 is 10.0 Å². The van der Waals surface area contributed by atoms with Crippen LogP contribution in [0.25, 0.3) is 11.1 Å². The highest BCUT2D eigenvalue weighted by molar-refractivity contribution is 7.89. The van der Waals surface area contributed by atoms with Crippen LogP contribution in [-0.4, -0.2) is 28.1 Å². The Labute approximate surface area is 144 Å². The van der Waals surface area contributed by atoms with Crippen LogP contribution >= 0.6 is 0 Å². The largest absolute Gasteiger partial charge is 0.316 e. The Kier molecular flexibility index (Phi) is 5.66. The molecule has 1 aliphatic rings. The average Bonchev–Trinajstić information content (AvgIpc) is 2.63. The molecular formula is C19H24N2O2S. The standard InChI is InChI=1S/C19H24N2O2S/c22-24(23,21-13-11-16-6-5-12-20-15-16)19-10-4-9-18(14-19)17-7-2-1-3-8-17/h1-4,7-10,14,16,20-21H,5-6,11-13,15H2. The van der Waals surface area contributed by atoms with Gasteiger partial charge in [0.15, 0.2) is 0 Å². The summed E-state index contributed by atoms with van der Waals surface area (Å²) in [6.07, 6.45) is 3.24. The van der Waals surface area contributed by atoms with E-state index >= 15 is 0 Å². The van der Waals surface area contributed by atoms with Gasteiger partial charge in [-0.2, -0.15) is 0 Å². The highest BCUT2D eigenvalue weighted by atomic mass is 32.2. The molecule has 2 N–H and O–H groups in total. The molecule has 3 rings (SSSR count). The fraction of sp³-hybridized carbons (Fsp3) is 0.368. The monoisotopic (exact) mass is 344 g/mol. The van der Waals surface area contributed by atoms with Gasteiger partial charge in [0.05, 0.1) is 4.90 Å². The van der Waals surface area contributed by atoms with Crippen molar-refractivity contribution in [1.29, 1.82) is 0 Å². The molecule has 0 aliphatic carbocycles. The first-order chi connectivity index (χ1) is 11.6. The van der Waals surface area contributed by atoms with Crippen LogP contribution in [0, 0.1) is 5.92 Å². The lowest BCUT2D eigenvalue weighted by molar-refractivity contribution is 0.358. The number of sulfonamides is 1. The van der Waals surface area contributed by atoms with Crippen molar-refractivity contribution < 1.29 is 8.42 Å². The third-order valence-corrected chi connectivity index (χ3v) is 5.95. The van der Waals surface area contributed by atoms with Gasteiger partial charge in [-0.25, -0.2) is 13.1 Å². The van der Waals surface area contributed by atoms with Gasteiger partial charge in [-0.05, 0) is 61.5 Å². The summed E-state index contributed by atoms with van der Waals surface area (Å²) in [6, 6.07) is 16.9. The Bertz CT molecular complexity index is 754. The smallest absolute Gasteiger partial charge is 0.240 e. The van der Waals surface area contributed by atoms with Crippen molar-refractivity contribution in [1.82, 2.24) is 10.0 Å². The van der Waals surface area contributed by atoms with Crippen LogP contribution in [0.3, 0.4) is 0 Å². The Balaban J connectivity index is 1.66. The van der Waals surface area contributed by atoms with Gasteiger partial charge in [-0.1, -0.05) is 42.5 Å². The van der Waals surface area contributed by atoms with Crippen molar-refractivity contribution in [3.63, 3.8) is 0 Å². The van der Waals surface area contributed by atoms with E-state index < -0.39 is 10.0 Å². The van der Waals surface area contributed by atoms with E-state index in [1.165, 1.54) is 12.8 Å². The number of hydrogen-bond donors (Lipinski definition) is 2. The van der Waals surface area contributed by atoms with Gasteiger partial charge < -0.3 is 5.32 Å². The van der Waals surface area contributed by atoms with Gasteiger partial charge in [0.25, 0.3) is 0 Å². The number of benzene rings is 2. The summed E-state index contributed by atoms with van der Waals surface area (Å²) in [5.41, 5.74) is 1.93. The van der Waals surface area contributed by atoms with E-state index in [1.54, 1.807) is 18.2 Å². The molecule has 1 unspecified atom stereocenters. The van der Waals surface area contributed by atoms with E-state index in [-0.39, 0.29) is 0 Å². The molecule has 2 aromatic rings. The first kappa shape index (κ1) is 17.1. The average molecular weight is 344 g/mol. The molecule has 128 valence electrons. The Hall–Kier alpha value is -1.69. The van der Waals surface area contributed by atoms with E-state index in [9.17, 15) is 8.42 Å². The molecule has 4 nitrogen and oxygen atoms in total. The van der Waals surface area contributed by atoms with Crippen LogP contribution < -0.4 is 10.0 Å². The van der Waals surface area contributed by atoms with Crippen LogP contribution in [0.2, 0.25) is 0 Å². The second-order valence-corrected chi connectivity index (χ2v) is 8.06. The van der Waals surface area contributed by atoms with E-state index in [2.05, 4.69) is 10.0 Å². The van der Waals surface area contributed by atoms with Gasteiger partial charge in [0.2, 0.25) is 10.0 Å². The van der Waals surface area contributed by atoms with Crippen LogP contribution in [0.4, 0.5) is 0 Å². The molecule has 5 heteroatoms. The minimum atomic E-state index is -3.46. The number of piperidine rings is 1. The zero-order valence-electron chi connectivity index (χ0n) is 13.7. The first-order valence-corrected chi connectivity index (χ1v) is 9.99. The zero-order chi connectivity index (χ0) is 16.8. The number of hydrogen-bond acceptors (Lipinski definition) is 3. The molecule has 2 aromatic carbocycles. The highest BCUT2D eigenvalue weighted by Crippen LogP contribution is 2.22. The molecule has 1 heterocycles. The zero-order valence-corrected chi connectivity index (χ0v) is 14.6. The topological polar surface area (TPSA) is 58.2 Å². The predicted molar refractivity (Wildman–Crippen MR) is 97.3 cm³/mol. The quantitative estimate of drug-likeness (QED) is 0.847. The summed E-state index contributed by atoms with van der Waals surface area (Å²) >= 11 is 0. The van der Waals surface area contributed by atoms with Gasteiger partial charge in [-0.3, -0.25) is 0 Å². The molecule has 1 saturated heterocycles. The van der Waals surface area contributed by atoms with Gasteiger partial charge in [-0.15, -0.1) is 0 Å². The molecule has 1 atom stereocenters. The van der Waals surface area contributed by atoms with Gasteiger partial charge >= 0.3 is 0 Å². The maximum absolute atomic E-state index is 12.5. The van der Waals surface area contributed by atoms with Crippen molar-refractivity contribution in [2.45, 2.75) is 24.2 Å². The van der Waals surface area contributed by atoms with Crippen LogP contribution in [0.1, 0.15) is 19.3 Å². The number of rotatable bonds is 6. The van der Waals surface area contributed by atoms with Crippen molar-refractivity contribution in [3.05, 3.63) is 54.6 Å². The van der Waals surface area contributed by atoms with Crippen molar-refractivity contribution in [2.24, 2.45) is 5.92 Å². The molecule has 0 bridgehead atoms. The molecule has 0 radical (unpaired) electrons. The van der Waals surface area contributed by atoms with Crippen LogP contribution in [0.15, 0.2) is 59.5 Å². The Morgan fingerprint density at radius 2 is 1.83 bits per heavy atom. The van der Waals surface area contributed by atoms with E-state index in [4.69, 9.17) is 0 Å². The summed E-state index contributed by atoms with van der Waals surface area (Å²) < 4.78 is 27.8. The second kappa shape index (κ2) is 7.92. The van der Waals surface area contributed by atoms with Crippen LogP contribution in [0.5, 0.6) is 0 Å². The molecule has 24 heavy (non-hydrogen) atoms. The summed E-state index contributed by atoms with van der Waals surface area (Å²) in [6.45, 7) is 2.56. The molecule has 0 saturated carbocycles. The van der Waals surface area contributed by atoms with Crippen molar-refractivity contribution in [3.8, 4) is 11.1 Å². The molecule has 1 fully saturated rings. The second-order valence-electron chi connectivity index (χ2n) is 6.29. The summed E-state index contributed by atoms with van der Waals surface area (Å²) in [4.78, 5) is 0.325. The lowest BCUT2D eigenvalue weighted by Crippen LogP contribution is -2.33. The SMILES string of the molecule is O=S(=O)(NCCC1CCCNC1)c1cccc(-c2ccccc2)c1. The van der Waals surface area contributed by atoms with Gasteiger partial charge in [0, 0.05) is 6.54 Å². The third kappa shape index (κ3) is 4.44.